The molecule has 1 aliphatic heterocycles. The SMILES string of the molecule is C1=NCCC2=C1C1=CC=C(c3cc(-c4ccccc4)nc(-c4ccccc4)n3)CC1C2(c1ccccc1)c1ccccc1. The number of benzene rings is 4. The highest BCUT2D eigenvalue weighted by Crippen LogP contribution is 2.60. The van der Waals surface area contributed by atoms with Crippen molar-refractivity contribution < 1.29 is 0 Å². The van der Waals surface area contributed by atoms with Gasteiger partial charge in [0.2, 0.25) is 0 Å². The predicted octanol–water partition coefficient (Wildman–Crippen LogP) is 8.91. The molecule has 4 aromatic carbocycles. The maximum absolute atomic E-state index is 5.20. The van der Waals surface area contributed by atoms with E-state index < -0.39 is 0 Å². The van der Waals surface area contributed by atoms with Crippen molar-refractivity contribution in [3.63, 3.8) is 0 Å². The Bertz CT molecular complexity index is 1820. The summed E-state index contributed by atoms with van der Waals surface area (Å²) in [5.41, 5.74) is 11.9. The van der Waals surface area contributed by atoms with E-state index in [0.717, 1.165) is 47.7 Å². The molecule has 0 N–H and O–H groups in total. The van der Waals surface area contributed by atoms with E-state index >= 15 is 0 Å². The maximum Gasteiger partial charge on any atom is 0.160 e. The fourth-order valence-electron chi connectivity index (χ4n) is 7.38. The first kappa shape index (κ1) is 25.6. The lowest BCUT2D eigenvalue weighted by molar-refractivity contribution is 0.443. The van der Waals surface area contributed by atoms with Gasteiger partial charge in [-0.1, -0.05) is 133 Å². The lowest BCUT2D eigenvalue weighted by Crippen LogP contribution is -2.37. The number of rotatable bonds is 5. The van der Waals surface area contributed by atoms with Gasteiger partial charge in [0.15, 0.2) is 5.82 Å². The lowest BCUT2D eigenvalue weighted by atomic mass is 9.60. The fraction of sp³-hybridized carbons (Fsp3) is 0.125. The van der Waals surface area contributed by atoms with E-state index in [2.05, 4.69) is 121 Å². The molecule has 0 bridgehead atoms. The van der Waals surface area contributed by atoms with Crippen LogP contribution in [0.1, 0.15) is 29.7 Å². The average Bonchev–Trinajstić information content (AvgIpc) is 3.40. The summed E-state index contributed by atoms with van der Waals surface area (Å²) in [6.07, 6.45) is 8.60. The molecule has 3 aliphatic rings. The quantitative estimate of drug-likeness (QED) is 0.218. The van der Waals surface area contributed by atoms with Gasteiger partial charge in [0.25, 0.3) is 0 Å². The topological polar surface area (TPSA) is 38.1 Å². The molecule has 0 saturated heterocycles. The molecule has 5 aromatic rings. The maximum atomic E-state index is 5.20. The summed E-state index contributed by atoms with van der Waals surface area (Å²) in [5, 5.41) is 0. The monoisotopic (exact) mass is 553 g/mol. The van der Waals surface area contributed by atoms with Gasteiger partial charge in [-0.05, 0) is 52.3 Å². The number of hydrogen-bond acceptors (Lipinski definition) is 3. The minimum absolute atomic E-state index is 0.224. The van der Waals surface area contributed by atoms with E-state index in [0.29, 0.717) is 0 Å². The second-order valence-electron chi connectivity index (χ2n) is 11.5. The first-order chi connectivity index (χ1) is 21.3. The zero-order valence-corrected chi connectivity index (χ0v) is 23.9. The third-order valence-corrected chi connectivity index (χ3v) is 9.22. The zero-order chi connectivity index (χ0) is 28.6. The Balaban J connectivity index is 1.32. The summed E-state index contributed by atoms with van der Waals surface area (Å²) in [7, 11) is 0. The molecule has 0 spiro atoms. The van der Waals surface area contributed by atoms with Crippen LogP contribution in [0.5, 0.6) is 0 Å². The molecule has 0 saturated carbocycles. The van der Waals surface area contributed by atoms with Gasteiger partial charge in [-0.15, -0.1) is 0 Å². The zero-order valence-electron chi connectivity index (χ0n) is 23.9. The summed E-state index contributed by atoms with van der Waals surface area (Å²) < 4.78 is 0. The minimum atomic E-state index is -0.271. The van der Waals surface area contributed by atoms with Crippen molar-refractivity contribution in [2.45, 2.75) is 18.3 Å². The van der Waals surface area contributed by atoms with E-state index in [4.69, 9.17) is 15.0 Å². The largest absolute Gasteiger partial charge is 0.292 e. The molecular weight excluding hydrogens is 522 g/mol. The van der Waals surface area contributed by atoms with Crippen LogP contribution in [0.4, 0.5) is 0 Å². The molecule has 1 unspecified atom stereocenters. The van der Waals surface area contributed by atoms with Crippen LogP contribution in [-0.2, 0) is 5.41 Å². The third kappa shape index (κ3) is 4.23. The molecule has 3 heteroatoms. The number of nitrogens with zero attached hydrogens (tertiary/aromatic N) is 3. The first-order valence-electron chi connectivity index (χ1n) is 15.1. The summed E-state index contributed by atoms with van der Waals surface area (Å²) >= 11 is 0. The Morgan fingerprint density at radius 2 is 1.19 bits per heavy atom. The highest BCUT2D eigenvalue weighted by atomic mass is 14.9. The van der Waals surface area contributed by atoms with E-state index in [1.54, 1.807) is 0 Å². The summed E-state index contributed by atoms with van der Waals surface area (Å²) in [6, 6.07) is 45.1. The number of dihydropyridines is 1. The molecule has 2 aliphatic carbocycles. The highest BCUT2D eigenvalue weighted by Gasteiger charge is 2.53. The normalized spacial score (nSPS) is 18.5. The molecule has 43 heavy (non-hydrogen) atoms. The molecule has 1 atom stereocenters. The van der Waals surface area contributed by atoms with Gasteiger partial charge >= 0.3 is 0 Å². The second kappa shape index (κ2) is 10.6. The standard InChI is InChI=1S/C40H31N3/c1-5-13-28(14-6-1)37-26-38(43-39(42-37)29-15-7-2-8-16-29)30-21-22-33-34-27-41-24-23-35(34)40(36(33)25-30,31-17-9-3-10-18-31)32-19-11-4-12-20-32/h1-22,26-27,36H,23-25H2. The van der Waals surface area contributed by atoms with Gasteiger partial charge in [-0.3, -0.25) is 4.99 Å². The average molecular weight is 554 g/mol. The van der Waals surface area contributed by atoms with Crippen LogP contribution < -0.4 is 0 Å². The Morgan fingerprint density at radius 1 is 0.605 bits per heavy atom. The Hall–Kier alpha value is -5.15. The minimum Gasteiger partial charge on any atom is -0.292 e. The van der Waals surface area contributed by atoms with Crippen LogP contribution in [0.15, 0.2) is 161 Å². The van der Waals surface area contributed by atoms with Crippen molar-refractivity contribution in [3.8, 4) is 22.6 Å². The van der Waals surface area contributed by atoms with Crippen molar-refractivity contribution in [1.82, 2.24) is 9.97 Å². The Morgan fingerprint density at radius 3 is 1.84 bits per heavy atom. The van der Waals surface area contributed by atoms with E-state index in [1.807, 2.05) is 24.3 Å². The van der Waals surface area contributed by atoms with Gasteiger partial charge < -0.3 is 0 Å². The predicted molar refractivity (Wildman–Crippen MR) is 176 cm³/mol. The van der Waals surface area contributed by atoms with E-state index in [9.17, 15) is 0 Å². The van der Waals surface area contributed by atoms with E-state index in [1.165, 1.54) is 33.4 Å². The van der Waals surface area contributed by atoms with Crippen molar-refractivity contribution in [2.24, 2.45) is 10.9 Å². The Labute approximate surface area is 252 Å². The summed E-state index contributed by atoms with van der Waals surface area (Å²) in [6.45, 7) is 0.827. The first-order valence-corrected chi connectivity index (χ1v) is 15.1. The summed E-state index contributed by atoms with van der Waals surface area (Å²) in [5.74, 6) is 0.975. The molecule has 8 rings (SSSR count). The second-order valence-corrected chi connectivity index (χ2v) is 11.5. The molecule has 3 nitrogen and oxygen atoms in total. The van der Waals surface area contributed by atoms with Gasteiger partial charge in [0.05, 0.1) is 11.4 Å². The van der Waals surface area contributed by atoms with Crippen molar-refractivity contribution in [1.29, 1.82) is 0 Å². The van der Waals surface area contributed by atoms with Gasteiger partial charge in [-0.2, -0.15) is 0 Å². The molecular formula is C40H31N3. The van der Waals surface area contributed by atoms with Crippen LogP contribution in [0.2, 0.25) is 0 Å². The molecule has 1 aromatic heterocycles. The van der Waals surface area contributed by atoms with Gasteiger partial charge in [0, 0.05) is 35.2 Å². The smallest absolute Gasteiger partial charge is 0.160 e. The lowest BCUT2D eigenvalue weighted by Gasteiger charge is -2.41. The molecule has 206 valence electrons. The Kier molecular flexibility index (Phi) is 6.30. The summed E-state index contributed by atoms with van der Waals surface area (Å²) in [4.78, 5) is 15.0. The van der Waals surface area contributed by atoms with Crippen LogP contribution in [-0.4, -0.2) is 22.7 Å². The molecule has 0 fully saturated rings. The fourth-order valence-corrected chi connectivity index (χ4v) is 7.38. The third-order valence-electron chi connectivity index (χ3n) is 9.22. The molecule has 0 radical (unpaired) electrons. The number of aromatic nitrogens is 2. The van der Waals surface area contributed by atoms with Crippen LogP contribution in [0.25, 0.3) is 28.2 Å². The van der Waals surface area contributed by atoms with Crippen LogP contribution in [0.3, 0.4) is 0 Å². The number of allylic oxidation sites excluding steroid dienone is 5. The van der Waals surface area contributed by atoms with Gasteiger partial charge in [0.1, 0.15) is 0 Å². The number of aliphatic imine (C=N–C) groups is 1. The molecule has 0 amide bonds. The van der Waals surface area contributed by atoms with Crippen LogP contribution >= 0.6 is 0 Å². The van der Waals surface area contributed by atoms with Crippen molar-refractivity contribution in [3.05, 3.63) is 173 Å². The number of fused-ring (bicyclic) bond motifs is 2. The van der Waals surface area contributed by atoms with Crippen molar-refractivity contribution in [2.75, 3.05) is 6.54 Å². The number of hydrogen-bond donors (Lipinski definition) is 0. The van der Waals surface area contributed by atoms with Gasteiger partial charge in [-0.25, -0.2) is 9.97 Å². The van der Waals surface area contributed by atoms with Crippen molar-refractivity contribution >= 4 is 11.8 Å². The highest BCUT2D eigenvalue weighted by molar-refractivity contribution is 5.92. The van der Waals surface area contributed by atoms with E-state index in [-0.39, 0.29) is 11.3 Å². The molecule has 2 heterocycles. The van der Waals surface area contributed by atoms with Crippen LogP contribution in [0, 0.1) is 5.92 Å².